The highest BCUT2D eigenvalue weighted by Gasteiger charge is 2.35. The van der Waals surface area contributed by atoms with E-state index >= 15 is 0 Å². The first kappa shape index (κ1) is 23.9. The van der Waals surface area contributed by atoms with Crippen molar-refractivity contribution in [2.24, 2.45) is 5.84 Å². The van der Waals surface area contributed by atoms with Gasteiger partial charge in [-0.2, -0.15) is 4.73 Å². The minimum absolute atomic E-state index is 0.0958. The Kier molecular flexibility index (Phi) is 7.10. The first-order valence-electron chi connectivity index (χ1n) is 10.3. The summed E-state index contributed by atoms with van der Waals surface area (Å²) in [5.74, 6) is 5.00. The Morgan fingerprint density at radius 1 is 1.15 bits per heavy atom. The molecule has 0 aliphatic heterocycles. The summed E-state index contributed by atoms with van der Waals surface area (Å²) in [7, 11) is 1.56. The molecule has 176 valence electrons. The van der Waals surface area contributed by atoms with E-state index in [1.165, 1.54) is 23.8 Å². The Labute approximate surface area is 190 Å². The van der Waals surface area contributed by atoms with Crippen LogP contribution in [0.25, 0.3) is 10.9 Å². The smallest absolute Gasteiger partial charge is 0.354 e. The number of ether oxygens (including phenoxy) is 1. The number of fused-ring (bicyclic) bond motifs is 1. The van der Waals surface area contributed by atoms with Crippen molar-refractivity contribution in [3.63, 3.8) is 0 Å². The molecule has 10 heteroatoms. The number of aromatic hydroxyl groups is 2. The van der Waals surface area contributed by atoms with Gasteiger partial charge in [0, 0.05) is 31.5 Å². The predicted octanol–water partition coefficient (Wildman–Crippen LogP) is 1.16. The Hall–Kier alpha value is -3.76. The van der Waals surface area contributed by atoms with Crippen LogP contribution < -0.4 is 26.2 Å². The second-order valence-electron chi connectivity index (χ2n) is 7.95. The number of hydrazine groups is 1. The fourth-order valence-corrected chi connectivity index (χ4v) is 3.48. The molecule has 0 aliphatic rings. The van der Waals surface area contributed by atoms with Crippen molar-refractivity contribution >= 4 is 22.8 Å². The Balaban J connectivity index is 1.88. The SMILES string of the molecule is COc1ccc2c(c1)c(CCNC(C)=O)cn2OC(=O)C(C)(Cc1ccc(O)c(O)c1)NN. The predicted molar refractivity (Wildman–Crippen MR) is 122 cm³/mol. The van der Waals surface area contributed by atoms with E-state index in [0.717, 1.165) is 10.9 Å². The number of nitrogens with one attached hydrogen (secondary N) is 2. The Morgan fingerprint density at radius 2 is 1.91 bits per heavy atom. The van der Waals surface area contributed by atoms with Crippen LogP contribution in [0.2, 0.25) is 0 Å². The molecule has 1 amide bonds. The first-order chi connectivity index (χ1) is 15.7. The van der Waals surface area contributed by atoms with Gasteiger partial charge in [0.15, 0.2) is 11.5 Å². The topological polar surface area (TPSA) is 148 Å². The highest BCUT2D eigenvalue weighted by molar-refractivity contribution is 5.87. The van der Waals surface area contributed by atoms with Gasteiger partial charge in [-0.25, -0.2) is 10.2 Å². The van der Waals surface area contributed by atoms with Crippen LogP contribution >= 0.6 is 0 Å². The number of hydrogen-bond acceptors (Lipinski definition) is 8. The quantitative estimate of drug-likeness (QED) is 0.183. The fraction of sp³-hybridized carbons (Fsp3) is 0.304. The lowest BCUT2D eigenvalue weighted by atomic mass is 9.93. The number of rotatable bonds is 9. The molecule has 1 aromatic heterocycles. The molecule has 3 rings (SSSR count). The van der Waals surface area contributed by atoms with Gasteiger partial charge >= 0.3 is 5.97 Å². The van der Waals surface area contributed by atoms with Gasteiger partial charge < -0.3 is 25.1 Å². The van der Waals surface area contributed by atoms with Gasteiger partial charge in [-0.15, -0.1) is 0 Å². The lowest BCUT2D eigenvalue weighted by molar-refractivity contribution is -0.151. The normalized spacial score (nSPS) is 12.8. The molecule has 3 aromatic rings. The molecular formula is C23H28N4O6. The maximum atomic E-state index is 13.1. The summed E-state index contributed by atoms with van der Waals surface area (Å²) in [6.45, 7) is 3.44. The molecule has 0 bridgehead atoms. The number of methoxy groups -OCH3 is 1. The number of carbonyl (C=O) groups is 2. The summed E-state index contributed by atoms with van der Waals surface area (Å²) in [5.41, 5.74) is 3.24. The molecule has 6 N–H and O–H groups in total. The minimum atomic E-state index is -1.33. The van der Waals surface area contributed by atoms with Gasteiger partial charge in [-0.1, -0.05) is 6.07 Å². The number of benzene rings is 2. The van der Waals surface area contributed by atoms with E-state index in [1.807, 2.05) is 6.07 Å². The molecule has 0 saturated carbocycles. The van der Waals surface area contributed by atoms with Crippen LogP contribution in [-0.4, -0.2) is 46.0 Å². The van der Waals surface area contributed by atoms with Gasteiger partial charge in [-0.3, -0.25) is 10.6 Å². The lowest BCUT2D eigenvalue weighted by Gasteiger charge is -2.26. The number of nitrogens with zero attached hydrogens (tertiary/aromatic N) is 1. The second kappa shape index (κ2) is 9.80. The maximum Gasteiger partial charge on any atom is 0.354 e. The van der Waals surface area contributed by atoms with Gasteiger partial charge in [0.2, 0.25) is 5.91 Å². The van der Waals surface area contributed by atoms with Crippen molar-refractivity contribution in [1.29, 1.82) is 0 Å². The van der Waals surface area contributed by atoms with Crippen LogP contribution in [0.1, 0.15) is 25.0 Å². The number of hydrogen-bond donors (Lipinski definition) is 5. The van der Waals surface area contributed by atoms with E-state index in [-0.39, 0.29) is 23.8 Å². The Morgan fingerprint density at radius 3 is 2.55 bits per heavy atom. The molecular weight excluding hydrogens is 428 g/mol. The van der Waals surface area contributed by atoms with Crippen molar-refractivity contribution < 1.29 is 29.4 Å². The van der Waals surface area contributed by atoms with Crippen LogP contribution in [0.4, 0.5) is 0 Å². The third kappa shape index (κ3) is 5.36. The summed E-state index contributed by atoms with van der Waals surface area (Å²) >= 11 is 0. The van der Waals surface area contributed by atoms with Crippen LogP contribution in [0.5, 0.6) is 17.2 Å². The Bertz CT molecular complexity index is 1180. The molecule has 0 spiro atoms. The molecule has 10 nitrogen and oxygen atoms in total. The molecule has 0 fully saturated rings. The van der Waals surface area contributed by atoms with Crippen molar-refractivity contribution in [3.05, 3.63) is 53.7 Å². The third-order valence-electron chi connectivity index (χ3n) is 5.38. The van der Waals surface area contributed by atoms with Gasteiger partial charge in [-0.05, 0) is 54.8 Å². The summed E-state index contributed by atoms with van der Waals surface area (Å²) in [4.78, 5) is 30.0. The van der Waals surface area contributed by atoms with E-state index in [1.54, 1.807) is 38.4 Å². The standard InChI is InChI=1S/C23H28N4O6/c1-14(28)25-9-8-16-13-27(19-6-5-17(32-3)11-18(16)19)33-22(31)23(2,26-24)12-15-4-7-20(29)21(30)10-15/h4-7,10-11,13,26,29-30H,8-9,12,24H2,1-3H3,(H,25,28). The van der Waals surface area contributed by atoms with Gasteiger partial charge in [0.25, 0.3) is 0 Å². The highest BCUT2D eigenvalue weighted by atomic mass is 16.7. The van der Waals surface area contributed by atoms with E-state index < -0.39 is 11.5 Å². The van der Waals surface area contributed by atoms with Crippen LogP contribution in [0, 0.1) is 0 Å². The summed E-state index contributed by atoms with van der Waals surface area (Å²) in [6, 6.07) is 9.63. The molecule has 1 unspecified atom stereocenters. The van der Waals surface area contributed by atoms with Crippen molar-refractivity contribution in [2.45, 2.75) is 32.2 Å². The molecule has 0 saturated heterocycles. The largest absolute Gasteiger partial charge is 0.504 e. The molecule has 33 heavy (non-hydrogen) atoms. The average Bonchev–Trinajstić information content (AvgIpc) is 3.12. The van der Waals surface area contributed by atoms with Crippen LogP contribution in [0.15, 0.2) is 42.6 Å². The number of amides is 1. The molecule has 0 aliphatic carbocycles. The van der Waals surface area contributed by atoms with Crippen molar-refractivity contribution in [3.8, 4) is 17.2 Å². The summed E-state index contributed by atoms with van der Waals surface area (Å²) in [6.07, 6.45) is 2.30. The average molecular weight is 456 g/mol. The second-order valence-corrected chi connectivity index (χ2v) is 7.95. The molecule has 1 atom stereocenters. The number of nitrogens with two attached hydrogens (primary N) is 1. The van der Waals surface area contributed by atoms with E-state index in [4.69, 9.17) is 15.4 Å². The maximum absolute atomic E-state index is 13.1. The zero-order valence-electron chi connectivity index (χ0n) is 18.7. The first-order valence-corrected chi connectivity index (χ1v) is 10.3. The minimum Gasteiger partial charge on any atom is -0.504 e. The van der Waals surface area contributed by atoms with Gasteiger partial charge in [0.05, 0.1) is 12.6 Å². The number of phenols is 2. The number of carbonyl (C=O) groups excluding carboxylic acids is 2. The van der Waals surface area contributed by atoms with Crippen molar-refractivity contribution in [1.82, 2.24) is 15.5 Å². The molecule has 1 heterocycles. The van der Waals surface area contributed by atoms with E-state index in [9.17, 15) is 19.8 Å². The summed E-state index contributed by atoms with van der Waals surface area (Å²) in [5, 5.41) is 22.8. The zero-order valence-corrected chi connectivity index (χ0v) is 18.7. The lowest BCUT2D eigenvalue weighted by Crippen LogP contribution is -2.57. The van der Waals surface area contributed by atoms with E-state index in [2.05, 4.69) is 10.7 Å². The highest BCUT2D eigenvalue weighted by Crippen LogP contribution is 2.28. The van der Waals surface area contributed by atoms with E-state index in [0.29, 0.717) is 29.8 Å². The fourth-order valence-electron chi connectivity index (χ4n) is 3.48. The monoisotopic (exact) mass is 456 g/mol. The van der Waals surface area contributed by atoms with Crippen LogP contribution in [0.3, 0.4) is 0 Å². The van der Waals surface area contributed by atoms with Gasteiger partial charge in [0.1, 0.15) is 11.3 Å². The molecule has 2 aromatic carbocycles. The third-order valence-corrected chi connectivity index (χ3v) is 5.38. The summed E-state index contributed by atoms with van der Waals surface area (Å²) < 4.78 is 6.68. The number of phenolic OH excluding ortho intramolecular Hbond substituents is 2. The van der Waals surface area contributed by atoms with Crippen LogP contribution in [-0.2, 0) is 22.4 Å². The zero-order chi connectivity index (χ0) is 24.2. The molecule has 0 radical (unpaired) electrons. The number of aromatic nitrogens is 1. The van der Waals surface area contributed by atoms with Crippen molar-refractivity contribution in [2.75, 3.05) is 13.7 Å².